The van der Waals surface area contributed by atoms with Crippen LogP contribution in [0.4, 0.5) is 4.39 Å². The third-order valence-corrected chi connectivity index (χ3v) is 3.62. The molecule has 1 heterocycles. The first-order chi connectivity index (χ1) is 8.82. The molecule has 2 N–H and O–H groups in total. The number of fused-ring (bicyclic) bond motifs is 1. The summed E-state index contributed by atoms with van der Waals surface area (Å²) in [6.07, 6.45) is 0.702. The summed E-state index contributed by atoms with van der Waals surface area (Å²) in [4.78, 5) is 4.54. The molecular weight excluding hydrogens is 241 g/mol. The van der Waals surface area contributed by atoms with Crippen LogP contribution < -0.4 is 5.73 Å². The minimum atomic E-state index is -0.250. The van der Waals surface area contributed by atoms with Gasteiger partial charge in [-0.25, -0.2) is 9.37 Å². The van der Waals surface area contributed by atoms with Gasteiger partial charge in [0.1, 0.15) is 11.6 Å². The van der Waals surface area contributed by atoms with E-state index in [1.165, 1.54) is 12.1 Å². The molecule has 2 rings (SSSR count). The molecule has 0 saturated carbocycles. The Morgan fingerprint density at radius 1 is 1.37 bits per heavy atom. The summed E-state index contributed by atoms with van der Waals surface area (Å²) >= 11 is 0. The molecule has 0 spiro atoms. The van der Waals surface area contributed by atoms with Crippen LogP contribution in [0.3, 0.4) is 0 Å². The second kappa shape index (κ2) is 4.93. The highest BCUT2D eigenvalue weighted by Crippen LogP contribution is 2.23. The molecule has 3 nitrogen and oxygen atoms in total. The maximum absolute atomic E-state index is 13.3. The summed E-state index contributed by atoms with van der Waals surface area (Å²) in [5, 5.41) is 0. The smallest absolute Gasteiger partial charge is 0.125 e. The predicted molar refractivity (Wildman–Crippen MR) is 76.5 cm³/mol. The average molecular weight is 263 g/mol. The van der Waals surface area contributed by atoms with Gasteiger partial charge in [-0.1, -0.05) is 20.8 Å². The van der Waals surface area contributed by atoms with Crippen molar-refractivity contribution >= 4 is 11.0 Å². The van der Waals surface area contributed by atoms with Gasteiger partial charge in [-0.2, -0.15) is 0 Å². The van der Waals surface area contributed by atoms with E-state index in [-0.39, 0.29) is 17.3 Å². The van der Waals surface area contributed by atoms with Crippen LogP contribution in [-0.4, -0.2) is 15.6 Å². The summed E-state index contributed by atoms with van der Waals surface area (Å²) in [5.41, 5.74) is 7.94. The maximum atomic E-state index is 13.3. The van der Waals surface area contributed by atoms with E-state index in [0.717, 1.165) is 17.9 Å². The van der Waals surface area contributed by atoms with Gasteiger partial charge in [-0.3, -0.25) is 0 Å². The molecule has 0 saturated heterocycles. The Hall–Kier alpha value is -1.42. The van der Waals surface area contributed by atoms with Crippen molar-refractivity contribution in [2.24, 2.45) is 11.1 Å². The van der Waals surface area contributed by atoms with Gasteiger partial charge in [0.15, 0.2) is 0 Å². The monoisotopic (exact) mass is 263 g/mol. The Labute approximate surface area is 113 Å². The van der Waals surface area contributed by atoms with Crippen LogP contribution in [0, 0.1) is 11.2 Å². The van der Waals surface area contributed by atoms with Crippen LogP contribution in [0.1, 0.15) is 33.5 Å². The van der Waals surface area contributed by atoms with Crippen LogP contribution in [0.25, 0.3) is 11.0 Å². The van der Waals surface area contributed by atoms with E-state index in [2.05, 4.69) is 37.2 Å². The molecule has 4 heteroatoms. The van der Waals surface area contributed by atoms with Gasteiger partial charge < -0.3 is 10.3 Å². The van der Waals surface area contributed by atoms with E-state index in [1.54, 1.807) is 6.07 Å². The van der Waals surface area contributed by atoms with E-state index in [1.807, 2.05) is 0 Å². The summed E-state index contributed by atoms with van der Waals surface area (Å²) in [5.74, 6) is 0.686. The molecule has 1 aromatic heterocycles. The molecule has 1 atom stereocenters. The van der Waals surface area contributed by atoms with E-state index >= 15 is 0 Å². The van der Waals surface area contributed by atoms with Gasteiger partial charge in [-0.15, -0.1) is 0 Å². The number of hydrogen-bond donors (Lipinski definition) is 1. The molecule has 0 radical (unpaired) electrons. The van der Waals surface area contributed by atoms with Crippen LogP contribution in [0.5, 0.6) is 0 Å². The minimum Gasteiger partial charge on any atom is -0.328 e. The minimum absolute atomic E-state index is 0.0273. The number of aromatic nitrogens is 2. The lowest BCUT2D eigenvalue weighted by Gasteiger charge is -2.26. The highest BCUT2D eigenvalue weighted by Gasteiger charge is 2.23. The molecule has 1 aromatic carbocycles. The third-order valence-electron chi connectivity index (χ3n) is 3.62. The van der Waals surface area contributed by atoms with Gasteiger partial charge in [0.2, 0.25) is 0 Å². The quantitative estimate of drug-likeness (QED) is 0.924. The number of imidazole rings is 1. The molecule has 104 valence electrons. The largest absolute Gasteiger partial charge is 0.328 e. The van der Waals surface area contributed by atoms with Crippen molar-refractivity contribution in [3.05, 3.63) is 29.8 Å². The van der Waals surface area contributed by atoms with E-state index in [4.69, 9.17) is 5.73 Å². The van der Waals surface area contributed by atoms with E-state index in [0.29, 0.717) is 11.9 Å². The molecule has 19 heavy (non-hydrogen) atoms. The SMILES string of the molecule is CCn1c(CC(N)C(C)(C)C)nc2cc(F)ccc21. The van der Waals surface area contributed by atoms with Crippen LogP contribution in [-0.2, 0) is 13.0 Å². The predicted octanol–water partition coefficient (Wildman–Crippen LogP) is 3.11. The molecule has 2 aromatic rings. The zero-order valence-corrected chi connectivity index (χ0v) is 12.1. The summed E-state index contributed by atoms with van der Waals surface area (Å²) in [7, 11) is 0. The topological polar surface area (TPSA) is 43.8 Å². The van der Waals surface area contributed by atoms with E-state index in [9.17, 15) is 4.39 Å². The van der Waals surface area contributed by atoms with Crippen molar-refractivity contribution in [2.45, 2.75) is 46.7 Å². The average Bonchev–Trinajstić information content (AvgIpc) is 2.63. The second-order valence-corrected chi connectivity index (χ2v) is 6.08. The summed E-state index contributed by atoms with van der Waals surface area (Å²) < 4.78 is 15.4. The Morgan fingerprint density at radius 3 is 2.63 bits per heavy atom. The Balaban J connectivity index is 2.43. The van der Waals surface area contributed by atoms with Crippen molar-refractivity contribution in [2.75, 3.05) is 0 Å². The maximum Gasteiger partial charge on any atom is 0.125 e. The lowest BCUT2D eigenvalue weighted by Crippen LogP contribution is -2.37. The first-order valence-electron chi connectivity index (χ1n) is 6.73. The number of rotatable bonds is 3. The van der Waals surface area contributed by atoms with Gasteiger partial charge in [-0.05, 0) is 24.5 Å². The molecule has 0 amide bonds. The number of halogens is 1. The van der Waals surface area contributed by atoms with Gasteiger partial charge in [0, 0.05) is 25.1 Å². The first kappa shape index (κ1) is 14.0. The molecule has 0 aliphatic heterocycles. The fourth-order valence-electron chi connectivity index (χ4n) is 2.16. The fourth-order valence-corrected chi connectivity index (χ4v) is 2.16. The fraction of sp³-hybridized carbons (Fsp3) is 0.533. The number of aryl methyl sites for hydroxylation is 1. The lowest BCUT2D eigenvalue weighted by molar-refractivity contribution is 0.313. The second-order valence-electron chi connectivity index (χ2n) is 6.08. The van der Waals surface area contributed by atoms with Crippen molar-refractivity contribution in [3.63, 3.8) is 0 Å². The van der Waals surface area contributed by atoms with Crippen LogP contribution in [0.15, 0.2) is 18.2 Å². The zero-order valence-electron chi connectivity index (χ0n) is 12.1. The zero-order chi connectivity index (χ0) is 14.2. The van der Waals surface area contributed by atoms with Crippen molar-refractivity contribution < 1.29 is 4.39 Å². The third kappa shape index (κ3) is 2.78. The molecular formula is C15H22FN3. The van der Waals surface area contributed by atoms with Crippen molar-refractivity contribution in [1.82, 2.24) is 9.55 Å². The molecule has 0 fully saturated rings. The van der Waals surface area contributed by atoms with Crippen LogP contribution in [0.2, 0.25) is 0 Å². The van der Waals surface area contributed by atoms with Gasteiger partial charge in [0.25, 0.3) is 0 Å². The standard InChI is InChI=1S/C15H22FN3/c1-5-19-12-7-6-10(16)8-11(12)18-14(19)9-13(17)15(2,3)4/h6-8,13H,5,9,17H2,1-4H3. The number of nitrogens with two attached hydrogens (primary N) is 1. The van der Waals surface area contributed by atoms with Crippen LogP contribution >= 0.6 is 0 Å². The van der Waals surface area contributed by atoms with Crippen molar-refractivity contribution in [3.8, 4) is 0 Å². The first-order valence-corrected chi connectivity index (χ1v) is 6.73. The molecule has 1 unspecified atom stereocenters. The Bertz CT molecular complexity index is 581. The van der Waals surface area contributed by atoms with Gasteiger partial charge >= 0.3 is 0 Å². The molecule has 0 aliphatic rings. The highest BCUT2D eigenvalue weighted by atomic mass is 19.1. The number of hydrogen-bond acceptors (Lipinski definition) is 2. The Morgan fingerprint density at radius 2 is 2.05 bits per heavy atom. The van der Waals surface area contributed by atoms with Gasteiger partial charge in [0.05, 0.1) is 11.0 Å². The van der Waals surface area contributed by atoms with Crippen molar-refractivity contribution in [1.29, 1.82) is 0 Å². The normalized spacial score (nSPS) is 14.0. The number of benzene rings is 1. The highest BCUT2D eigenvalue weighted by molar-refractivity contribution is 5.76. The van der Waals surface area contributed by atoms with E-state index < -0.39 is 0 Å². The Kier molecular flexibility index (Phi) is 3.63. The summed E-state index contributed by atoms with van der Waals surface area (Å²) in [6.45, 7) is 9.24. The molecule has 0 aliphatic carbocycles. The lowest BCUT2D eigenvalue weighted by atomic mass is 9.85. The molecule has 0 bridgehead atoms. The summed E-state index contributed by atoms with van der Waals surface area (Å²) in [6, 6.07) is 4.77. The number of nitrogens with zero attached hydrogens (tertiary/aromatic N) is 2.